The first-order chi connectivity index (χ1) is 10.8. The molecule has 6 heteroatoms. The summed E-state index contributed by atoms with van der Waals surface area (Å²) in [7, 11) is 0. The third kappa shape index (κ3) is 2.13. The van der Waals surface area contributed by atoms with Crippen molar-refractivity contribution >= 4 is 16.9 Å². The fourth-order valence-electron chi connectivity index (χ4n) is 3.97. The van der Waals surface area contributed by atoms with Crippen LogP contribution in [-0.4, -0.2) is 40.1 Å². The number of nitrogens with one attached hydrogen (secondary N) is 2. The van der Waals surface area contributed by atoms with E-state index in [0.29, 0.717) is 5.56 Å². The Morgan fingerprint density at radius 1 is 1.23 bits per heavy atom. The van der Waals surface area contributed by atoms with E-state index >= 15 is 0 Å². The van der Waals surface area contributed by atoms with Crippen molar-refractivity contribution in [1.29, 1.82) is 5.26 Å². The van der Waals surface area contributed by atoms with E-state index in [9.17, 15) is 5.26 Å². The standard InChI is InChI=1S/C16H20N6/c17-8-12-9-18-14-13(12)15(20-11-19-14)22-7-3-5-16(10-22)4-1-2-6-21-16/h9,11,21H,1-7,10H2,(H,18,19,20). The van der Waals surface area contributed by atoms with Gasteiger partial charge in [-0.25, -0.2) is 9.97 Å². The highest BCUT2D eigenvalue weighted by molar-refractivity contribution is 5.92. The summed E-state index contributed by atoms with van der Waals surface area (Å²) in [5, 5.41) is 13.9. The van der Waals surface area contributed by atoms with Crippen molar-refractivity contribution in [2.75, 3.05) is 24.5 Å². The highest BCUT2D eigenvalue weighted by Crippen LogP contribution is 2.34. The number of hydrogen-bond donors (Lipinski definition) is 2. The van der Waals surface area contributed by atoms with E-state index in [4.69, 9.17) is 0 Å². The van der Waals surface area contributed by atoms with Gasteiger partial charge in [0, 0.05) is 24.8 Å². The number of H-pyrrole nitrogens is 1. The number of aromatic amines is 1. The third-order valence-electron chi connectivity index (χ3n) is 5.03. The molecule has 0 amide bonds. The molecule has 114 valence electrons. The Labute approximate surface area is 129 Å². The van der Waals surface area contributed by atoms with Crippen LogP contribution in [0.2, 0.25) is 0 Å². The number of fused-ring (bicyclic) bond motifs is 1. The SMILES string of the molecule is N#Cc1c[nH]c2ncnc(N3CCCC4(CCCCN4)C3)c12. The van der Waals surface area contributed by atoms with Crippen molar-refractivity contribution in [2.45, 2.75) is 37.6 Å². The fraction of sp³-hybridized carbons (Fsp3) is 0.562. The topological polar surface area (TPSA) is 80.6 Å². The average Bonchev–Trinajstić information content (AvgIpc) is 2.99. The number of rotatable bonds is 1. The summed E-state index contributed by atoms with van der Waals surface area (Å²) in [5.41, 5.74) is 1.59. The lowest BCUT2D eigenvalue weighted by Gasteiger charge is -2.46. The van der Waals surface area contributed by atoms with E-state index in [1.54, 1.807) is 12.5 Å². The van der Waals surface area contributed by atoms with Crippen molar-refractivity contribution in [2.24, 2.45) is 0 Å². The van der Waals surface area contributed by atoms with E-state index in [2.05, 4.69) is 31.2 Å². The summed E-state index contributed by atoms with van der Waals surface area (Å²) in [4.78, 5) is 14.2. The number of nitriles is 1. The molecule has 0 bridgehead atoms. The molecule has 0 aliphatic carbocycles. The summed E-state index contributed by atoms with van der Waals surface area (Å²) in [6, 6.07) is 2.25. The molecular formula is C16H20N6. The summed E-state index contributed by atoms with van der Waals surface area (Å²) in [5.74, 6) is 0.897. The van der Waals surface area contributed by atoms with Crippen LogP contribution in [-0.2, 0) is 0 Å². The summed E-state index contributed by atoms with van der Waals surface area (Å²) >= 11 is 0. The van der Waals surface area contributed by atoms with E-state index < -0.39 is 0 Å². The van der Waals surface area contributed by atoms with Gasteiger partial charge in [0.1, 0.15) is 23.9 Å². The molecule has 0 saturated carbocycles. The zero-order valence-corrected chi connectivity index (χ0v) is 12.6. The molecule has 2 saturated heterocycles. The Morgan fingerprint density at radius 2 is 2.14 bits per heavy atom. The Kier molecular flexibility index (Phi) is 3.23. The average molecular weight is 296 g/mol. The normalized spacial score (nSPS) is 25.5. The van der Waals surface area contributed by atoms with Crippen LogP contribution in [0.4, 0.5) is 5.82 Å². The molecule has 0 aromatic carbocycles. The smallest absolute Gasteiger partial charge is 0.144 e. The van der Waals surface area contributed by atoms with Gasteiger partial charge in [-0.3, -0.25) is 0 Å². The number of aromatic nitrogens is 3. The molecule has 6 nitrogen and oxygen atoms in total. The number of anilines is 1. The van der Waals surface area contributed by atoms with Crippen LogP contribution in [0.25, 0.3) is 11.0 Å². The van der Waals surface area contributed by atoms with Crippen LogP contribution in [0.5, 0.6) is 0 Å². The Hall–Kier alpha value is -2.13. The largest absolute Gasteiger partial charge is 0.354 e. The third-order valence-corrected chi connectivity index (χ3v) is 5.03. The second kappa shape index (κ2) is 5.25. The molecule has 2 fully saturated rings. The molecule has 2 aliphatic rings. The molecule has 4 heterocycles. The maximum Gasteiger partial charge on any atom is 0.144 e. The zero-order chi connectivity index (χ0) is 15.0. The van der Waals surface area contributed by atoms with Crippen LogP contribution in [0, 0.1) is 11.3 Å². The predicted molar refractivity (Wildman–Crippen MR) is 84.6 cm³/mol. The van der Waals surface area contributed by atoms with Gasteiger partial charge in [0.2, 0.25) is 0 Å². The molecule has 1 atom stereocenters. The number of nitrogens with zero attached hydrogens (tertiary/aromatic N) is 4. The van der Waals surface area contributed by atoms with Gasteiger partial charge in [0.05, 0.1) is 10.9 Å². The van der Waals surface area contributed by atoms with Gasteiger partial charge in [-0.05, 0) is 32.2 Å². The van der Waals surface area contributed by atoms with Gasteiger partial charge < -0.3 is 15.2 Å². The van der Waals surface area contributed by atoms with E-state index in [1.165, 1.54) is 25.7 Å². The molecule has 2 N–H and O–H groups in total. The van der Waals surface area contributed by atoms with Gasteiger partial charge in [-0.1, -0.05) is 6.42 Å². The first-order valence-corrected chi connectivity index (χ1v) is 8.03. The molecule has 1 unspecified atom stereocenters. The van der Waals surface area contributed by atoms with Gasteiger partial charge in [-0.15, -0.1) is 0 Å². The Morgan fingerprint density at radius 3 is 2.95 bits per heavy atom. The van der Waals surface area contributed by atoms with Crippen LogP contribution >= 0.6 is 0 Å². The molecule has 2 aliphatic heterocycles. The number of hydrogen-bond acceptors (Lipinski definition) is 5. The fourth-order valence-corrected chi connectivity index (χ4v) is 3.97. The second-order valence-electron chi connectivity index (χ2n) is 6.42. The van der Waals surface area contributed by atoms with Gasteiger partial charge in [0.15, 0.2) is 0 Å². The molecule has 1 spiro atoms. The highest BCUT2D eigenvalue weighted by Gasteiger charge is 2.37. The minimum absolute atomic E-state index is 0.219. The minimum Gasteiger partial charge on any atom is -0.354 e. The van der Waals surface area contributed by atoms with Crippen molar-refractivity contribution in [3.05, 3.63) is 18.1 Å². The lowest BCUT2D eigenvalue weighted by Crippen LogP contribution is -2.59. The van der Waals surface area contributed by atoms with Gasteiger partial charge in [-0.2, -0.15) is 5.26 Å². The molecule has 2 aromatic rings. The molecule has 0 radical (unpaired) electrons. The summed E-state index contributed by atoms with van der Waals surface area (Å²) < 4.78 is 0. The highest BCUT2D eigenvalue weighted by atomic mass is 15.2. The Bertz CT molecular complexity index is 716. The maximum atomic E-state index is 9.33. The molecule has 2 aromatic heterocycles. The zero-order valence-electron chi connectivity index (χ0n) is 12.6. The van der Waals surface area contributed by atoms with Gasteiger partial charge >= 0.3 is 0 Å². The minimum atomic E-state index is 0.219. The van der Waals surface area contributed by atoms with Crippen molar-refractivity contribution in [1.82, 2.24) is 20.3 Å². The molecule has 22 heavy (non-hydrogen) atoms. The summed E-state index contributed by atoms with van der Waals surface area (Å²) in [6.45, 7) is 3.07. The molecular weight excluding hydrogens is 276 g/mol. The number of piperidine rings is 2. The van der Waals surface area contributed by atoms with Crippen molar-refractivity contribution < 1.29 is 0 Å². The van der Waals surface area contributed by atoms with Crippen molar-refractivity contribution in [3.8, 4) is 6.07 Å². The van der Waals surface area contributed by atoms with Crippen molar-refractivity contribution in [3.63, 3.8) is 0 Å². The molecule has 4 rings (SSSR count). The van der Waals surface area contributed by atoms with Crippen LogP contribution < -0.4 is 10.2 Å². The second-order valence-corrected chi connectivity index (χ2v) is 6.42. The first-order valence-electron chi connectivity index (χ1n) is 8.03. The van der Waals surface area contributed by atoms with Crippen LogP contribution in [0.15, 0.2) is 12.5 Å². The van der Waals surface area contributed by atoms with Gasteiger partial charge in [0.25, 0.3) is 0 Å². The lowest BCUT2D eigenvalue weighted by atomic mass is 9.81. The quantitative estimate of drug-likeness (QED) is 0.840. The monoisotopic (exact) mass is 296 g/mol. The first kappa shape index (κ1) is 13.5. The van der Waals surface area contributed by atoms with E-state index in [-0.39, 0.29) is 5.54 Å². The van der Waals surface area contributed by atoms with Crippen LogP contribution in [0.3, 0.4) is 0 Å². The lowest BCUT2D eigenvalue weighted by molar-refractivity contribution is 0.216. The Balaban J connectivity index is 1.72. The van der Waals surface area contributed by atoms with E-state index in [0.717, 1.165) is 42.9 Å². The maximum absolute atomic E-state index is 9.33. The van der Waals surface area contributed by atoms with E-state index in [1.807, 2.05) is 0 Å². The van der Waals surface area contributed by atoms with Crippen LogP contribution in [0.1, 0.15) is 37.7 Å². The summed E-state index contributed by atoms with van der Waals surface area (Å²) in [6.07, 6.45) is 9.51. The predicted octanol–water partition coefficient (Wildman–Crippen LogP) is 1.94.